The molecule has 0 radical (unpaired) electrons. The Morgan fingerprint density at radius 2 is 1.86 bits per heavy atom. The highest BCUT2D eigenvalue weighted by Gasteiger charge is 2.22. The summed E-state index contributed by atoms with van der Waals surface area (Å²) in [5.41, 5.74) is 4.01. The molecule has 28 heavy (non-hydrogen) atoms. The third-order valence-electron chi connectivity index (χ3n) is 4.04. The van der Waals surface area contributed by atoms with Crippen molar-refractivity contribution in [1.82, 2.24) is 9.73 Å². The maximum Gasteiger partial charge on any atom is 0.255 e. The summed E-state index contributed by atoms with van der Waals surface area (Å²) < 4.78 is 31.0. The number of hydrogen-bond acceptors (Lipinski definition) is 6. The zero-order chi connectivity index (χ0) is 20.9. The number of hydrogen-bond donors (Lipinski definition) is 2. The molecule has 0 aromatic heterocycles. The number of amides is 1. The average Bonchev–Trinajstić information content (AvgIpc) is 2.66. The van der Waals surface area contributed by atoms with E-state index in [4.69, 9.17) is 4.74 Å². The van der Waals surface area contributed by atoms with Crippen LogP contribution >= 0.6 is 0 Å². The molecule has 2 N–H and O–H groups in total. The van der Waals surface area contributed by atoms with Gasteiger partial charge >= 0.3 is 0 Å². The number of likely N-dealkylation sites (N-methyl/N-ethyl adjacent to an activating group) is 1. The van der Waals surface area contributed by atoms with Gasteiger partial charge in [-0.25, -0.2) is 13.8 Å². The second kappa shape index (κ2) is 8.85. The lowest BCUT2D eigenvalue weighted by molar-refractivity contribution is -0.121. The number of aromatic hydroxyl groups is 1. The number of rotatable bonds is 7. The molecule has 0 unspecified atom stereocenters. The Hall–Kier alpha value is -2.91. The number of aryl methyl sites for hydroxylation is 1. The largest absolute Gasteiger partial charge is 0.507 e. The topological polar surface area (TPSA) is 108 Å². The summed E-state index contributed by atoms with van der Waals surface area (Å²) in [4.78, 5) is 12.2. The Morgan fingerprint density at radius 1 is 1.21 bits per heavy atom. The highest BCUT2D eigenvalue weighted by atomic mass is 32.2. The minimum absolute atomic E-state index is 0.0473. The number of methoxy groups -OCH3 is 1. The van der Waals surface area contributed by atoms with E-state index in [-0.39, 0.29) is 10.6 Å². The summed E-state index contributed by atoms with van der Waals surface area (Å²) in [5.74, 6) is -0.166. The summed E-state index contributed by atoms with van der Waals surface area (Å²) in [6, 6.07) is 11.1. The zero-order valence-electron chi connectivity index (χ0n) is 16.1. The van der Waals surface area contributed by atoms with Gasteiger partial charge in [-0.1, -0.05) is 17.7 Å². The van der Waals surface area contributed by atoms with Crippen molar-refractivity contribution in [1.29, 1.82) is 0 Å². The minimum Gasteiger partial charge on any atom is -0.507 e. The average molecular weight is 405 g/mol. The van der Waals surface area contributed by atoms with E-state index in [1.54, 1.807) is 31.2 Å². The first-order valence-corrected chi connectivity index (χ1v) is 9.82. The van der Waals surface area contributed by atoms with Gasteiger partial charge in [0.05, 0.1) is 24.3 Å². The van der Waals surface area contributed by atoms with Crippen molar-refractivity contribution in [2.45, 2.75) is 18.7 Å². The lowest BCUT2D eigenvalue weighted by Gasteiger charge is -2.16. The third kappa shape index (κ3) is 5.08. The van der Waals surface area contributed by atoms with E-state index in [0.717, 1.165) is 9.87 Å². The van der Waals surface area contributed by atoms with Crippen LogP contribution in [-0.4, -0.2) is 50.2 Å². The van der Waals surface area contributed by atoms with E-state index >= 15 is 0 Å². The second-order valence-electron chi connectivity index (χ2n) is 6.19. The van der Waals surface area contributed by atoms with E-state index in [0.29, 0.717) is 17.0 Å². The molecule has 8 nitrogen and oxygen atoms in total. The molecule has 0 saturated carbocycles. The van der Waals surface area contributed by atoms with E-state index in [2.05, 4.69) is 10.5 Å². The molecular formula is C19H23N3O5S. The van der Waals surface area contributed by atoms with Crippen LogP contribution in [0, 0.1) is 6.92 Å². The number of hydrazone groups is 1. The monoisotopic (exact) mass is 405 g/mol. The van der Waals surface area contributed by atoms with Crippen LogP contribution < -0.4 is 10.2 Å². The molecule has 1 amide bonds. The SMILES string of the molecule is COc1ccc(/C(C)=N/NC(=O)CN(C)S(=O)(=O)c2ccc(C)cc2)c(O)c1. The molecule has 2 aromatic rings. The highest BCUT2D eigenvalue weighted by Crippen LogP contribution is 2.23. The van der Waals surface area contributed by atoms with Crippen LogP contribution in [0.2, 0.25) is 0 Å². The van der Waals surface area contributed by atoms with E-state index in [9.17, 15) is 18.3 Å². The molecule has 0 aliphatic rings. The Bertz CT molecular complexity index is 985. The van der Waals surface area contributed by atoms with Gasteiger partial charge in [-0.05, 0) is 38.1 Å². The van der Waals surface area contributed by atoms with Gasteiger partial charge in [-0.3, -0.25) is 4.79 Å². The lowest BCUT2D eigenvalue weighted by atomic mass is 10.1. The molecule has 0 saturated heterocycles. The van der Waals surface area contributed by atoms with Gasteiger partial charge in [-0.2, -0.15) is 9.41 Å². The number of phenolic OH excluding ortho intramolecular Hbond substituents is 1. The number of carbonyl (C=O) groups is 1. The van der Waals surface area contributed by atoms with Gasteiger partial charge in [0.1, 0.15) is 11.5 Å². The maximum atomic E-state index is 12.5. The normalized spacial score (nSPS) is 12.1. The molecule has 0 fully saturated rings. The summed E-state index contributed by atoms with van der Waals surface area (Å²) in [6.07, 6.45) is 0. The lowest BCUT2D eigenvalue weighted by Crippen LogP contribution is -2.36. The Kier molecular flexibility index (Phi) is 6.76. The van der Waals surface area contributed by atoms with Crippen LogP contribution in [0.25, 0.3) is 0 Å². The molecule has 150 valence electrons. The Balaban J connectivity index is 2.04. The Labute approximate surface area is 164 Å². The molecule has 0 heterocycles. The van der Waals surface area contributed by atoms with Crippen LogP contribution in [0.5, 0.6) is 11.5 Å². The van der Waals surface area contributed by atoms with Crippen molar-refractivity contribution in [2.75, 3.05) is 20.7 Å². The van der Waals surface area contributed by atoms with Crippen LogP contribution in [0.1, 0.15) is 18.1 Å². The number of ether oxygens (including phenoxy) is 1. The Morgan fingerprint density at radius 3 is 2.43 bits per heavy atom. The fraction of sp³-hybridized carbons (Fsp3) is 0.263. The van der Waals surface area contributed by atoms with Gasteiger partial charge in [-0.15, -0.1) is 0 Å². The van der Waals surface area contributed by atoms with Crippen LogP contribution in [0.3, 0.4) is 0 Å². The van der Waals surface area contributed by atoms with Gasteiger partial charge in [0.25, 0.3) is 5.91 Å². The van der Waals surface area contributed by atoms with Crippen molar-refractivity contribution < 1.29 is 23.1 Å². The van der Waals surface area contributed by atoms with Gasteiger partial charge in [0, 0.05) is 18.7 Å². The fourth-order valence-corrected chi connectivity index (χ4v) is 3.49. The van der Waals surface area contributed by atoms with Crippen molar-refractivity contribution >= 4 is 21.6 Å². The second-order valence-corrected chi connectivity index (χ2v) is 8.23. The molecule has 0 atom stereocenters. The van der Waals surface area contributed by atoms with Crippen molar-refractivity contribution in [3.63, 3.8) is 0 Å². The molecule has 0 aliphatic heterocycles. The summed E-state index contributed by atoms with van der Waals surface area (Å²) in [6.45, 7) is 3.06. The molecule has 0 spiro atoms. The summed E-state index contributed by atoms with van der Waals surface area (Å²) in [7, 11) is -0.983. The van der Waals surface area contributed by atoms with Crippen molar-refractivity contribution in [2.24, 2.45) is 5.10 Å². The quantitative estimate of drug-likeness (QED) is 0.540. The van der Waals surface area contributed by atoms with Crippen LogP contribution in [-0.2, 0) is 14.8 Å². The van der Waals surface area contributed by atoms with Crippen LogP contribution in [0.15, 0.2) is 52.5 Å². The number of benzene rings is 2. The van der Waals surface area contributed by atoms with Crippen LogP contribution in [0.4, 0.5) is 0 Å². The zero-order valence-corrected chi connectivity index (χ0v) is 16.9. The van der Waals surface area contributed by atoms with E-state index < -0.39 is 22.5 Å². The third-order valence-corrected chi connectivity index (χ3v) is 5.86. The number of nitrogens with zero attached hydrogens (tertiary/aromatic N) is 2. The first kappa shape index (κ1) is 21.4. The number of carbonyl (C=O) groups excluding carboxylic acids is 1. The number of sulfonamides is 1. The first-order chi connectivity index (χ1) is 13.1. The minimum atomic E-state index is -3.79. The highest BCUT2D eigenvalue weighted by molar-refractivity contribution is 7.89. The molecule has 0 bridgehead atoms. The van der Waals surface area contributed by atoms with Crippen molar-refractivity contribution in [3.05, 3.63) is 53.6 Å². The fourth-order valence-electron chi connectivity index (χ4n) is 2.36. The van der Waals surface area contributed by atoms with E-state index in [1.807, 2.05) is 6.92 Å². The smallest absolute Gasteiger partial charge is 0.255 e. The predicted octanol–water partition coefficient (Wildman–Crippen LogP) is 1.87. The van der Waals surface area contributed by atoms with Gasteiger partial charge in [0.15, 0.2) is 0 Å². The molecular weight excluding hydrogens is 382 g/mol. The number of phenols is 1. The summed E-state index contributed by atoms with van der Waals surface area (Å²) >= 11 is 0. The van der Waals surface area contributed by atoms with Crippen molar-refractivity contribution in [3.8, 4) is 11.5 Å². The molecule has 0 aliphatic carbocycles. The molecule has 2 rings (SSSR count). The predicted molar refractivity (Wildman–Crippen MR) is 106 cm³/mol. The molecule has 2 aromatic carbocycles. The van der Waals surface area contributed by atoms with Gasteiger partial charge < -0.3 is 9.84 Å². The first-order valence-electron chi connectivity index (χ1n) is 8.38. The van der Waals surface area contributed by atoms with E-state index in [1.165, 1.54) is 32.4 Å². The standard InChI is InChI=1S/C19H23N3O5S/c1-13-5-8-16(9-6-13)28(25,26)22(3)12-19(24)21-20-14(2)17-10-7-15(27-4)11-18(17)23/h5-11,23H,12H2,1-4H3,(H,21,24)/b20-14+. The number of nitrogens with one attached hydrogen (secondary N) is 1. The summed E-state index contributed by atoms with van der Waals surface area (Å²) in [5, 5.41) is 13.9. The maximum absolute atomic E-state index is 12.5. The van der Waals surface area contributed by atoms with Gasteiger partial charge in [0.2, 0.25) is 10.0 Å². The molecule has 9 heteroatoms.